The minimum atomic E-state index is -1.24. The lowest BCUT2D eigenvalue weighted by Crippen LogP contribution is -2.54. The highest BCUT2D eigenvalue weighted by Crippen LogP contribution is 2.07. The van der Waals surface area contributed by atoms with Gasteiger partial charge in [-0.15, -0.1) is 0 Å². The fraction of sp³-hybridized carbons (Fsp3) is 0.800. The molecular weight excluding hydrogens is 212 g/mol. The summed E-state index contributed by atoms with van der Waals surface area (Å²) in [5.41, 5.74) is 0. The van der Waals surface area contributed by atoms with Crippen LogP contribution < -0.4 is 10.6 Å². The average Bonchev–Trinajstić information content (AvgIpc) is 2.25. The van der Waals surface area contributed by atoms with Crippen LogP contribution in [0.3, 0.4) is 0 Å². The van der Waals surface area contributed by atoms with E-state index in [0.29, 0.717) is 6.42 Å². The molecule has 1 saturated heterocycles. The largest absolute Gasteiger partial charge is 0.480 e. The summed E-state index contributed by atoms with van der Waals surface area (Å²) in [6, 6.07) is -1.58. The summed E-state index contributed by atoms with van der Waals surface area (Å²) < 4.78 is 0. The van der Waals surface area contributed by atoms with Crippen molar-refractivity contribution >= 4 is 11.9 Å². The van der Waals surface area contributed by atoms with Gasteiger partial charge in [-0.1, -0.05) is 6.42 Å². The molecule has 0 bridgehead atoms. The van der Waals surface area contributed by atoms with Crippen LogP contribution in [-0.4, -0.2) is 46.8 Å². The van der Waals surface area contributed by atoms with Crippen molar-refractivity contribution < 1.29 is 19.8 Å². The minimum Gasteiger partial charge on any atom is -0.480 e. The van der Waals surface area contributed by atoms with Crippen molar-refractivity contribution in [2.45, 2.75) is 44.4 Å². The summed E-state index contributed by atoms with van der Waals surface area (Å²) in [6.07, 6.45) is 1.59. The highest BCUT2D eigenvalue weighted by Gasteiger charge is 2.28. The zero-order valence-corrected chi connectivity index (χ0v) is 9.27. The van der Waals surface area contributed by atoms with Crippen LogP contribution in [0.25, 0.3) is 0 Å². The number of nitrogens with one attached hydrogen (secondary N) is 2. The summed E-state index contributed by atoms with van der Waals surface area (Å²) in [5, 5.41) is 23.4. The van der Waals surface area contributed by atoms with Crippen LogP contribution in [0.4, 0.5) is 0 Å². The number of carboxylic acids is 1. The molecular formula is C10H18N2O4. The number of amides is 1. The SMILES string of the molecule is CC(O)C(NC(=O)[C@H]1CCCCN1)C(=O)O. The molecule has 1 aliphatic heterocycles. The molecule has 0 aromatic heterocycles. The van der Waals surface area contributed by atoms with E-state index >= 15 is 0 Å². The number of piperidine rings is 1. The molecule has 6 nitrogen and oxygen atoms in total. The van der Waals surface area contributed by atoms with E-state index in [1.54, 1.807) is 0 Å². The topological polar surface area (TPSA) is 98.7 Å². The Hall–Kier alpha value is -1.14. The number of rotatable bonds is 4. The molecule has 1 aliphatic rings. The van der Waals surface area contributed by atoms with E-state index < -0.39 is 18.1 Å². The lowest BCUT2D eigenvalue weighted by Gasteiger charge is -2.25. The van der Waals surface area contributed by atoms with Crippen molar-refractivity contribution in [3.05, 3.63) is 0 Å². The van der Waals surface area contributed by atoms with E-state index in [-0.39, 0.29) is 11.9 Å². The van der Waals surface area contributed by atoms with E-state index in [1.807, 2.05) is 0 Å². The molecule has 0 aliphatic carbocycles. The third-order valence-electron chi connectivity index (χ3n) is 2.67. The Labute approximate surface area is 94.0 Å². The van der Waals surface area contributed by atoms with E-state index in [1.165, 1.54) is 6.92 Å². The number of carbonyl (C=O) groups excluding carboxylic acids is 1. The summed E-state index contributed by atoms with van der Waals surface area (Å²) in [6.45, 7) is 2.11. The van der Waals surface area contributed by atoms with Gasteiger partial charge in [0.25, 0.3) is 0 Å². The first kappa shape index (κ1) is 12.9. The third-order valence-corrected chi connectivity index (χ3v) is 2.67. The predicted octanol–water partition coefficient (Wildman–Crippen LogP) is -0.921. The lowest BCUT2D eigenvalue weighted by molar-refractivity contribution is -0.145. The minimum absolute atomic E-state index is 0.339. The standard InChI is InChI=1S/C10H18N2O4/c1-6(13)8(10(15)16)12-9(14)7-4-2-3-5-11-7/h6-8,11,13H,2-5H2,1H3,(H,12,14)(H,15,16)/t6?,7-,8?/m1/s1. The molecule has 4 N–H and O–H groups in total. The summed E-state index contributed by atoms with van der Waals surface area (Å²) in [5.74, 6) is -1.58. The maximum absolute atomic E-state index is 11.7. The average molecular weight is 230 g/mol. The molecule has 1 fully saturated rings. The van der Waals surface area contributed by atoms with Crippen molar-refractivity contribution in [2.24, 2.45) is 0 Å². The lowest BCUT2D eigenvalue weighted by atomic mass is 10.0. The Morgan fingerprint density at radius 2 is 2.12 bits per heavy atom. The molecule has 2 unspecified atom stereocenters. The van der Waals surface area contributed by atoms with Gasteiger partial charge in [-0.25, -0.2) is 4.79 Å². The molecule has 1 heterocycles. The smallest absolute Gasteiger partial charge is 0.328 e. The number of carboxylic acid groups (broad SMARTS) is 1. The van der Waals surface area contributed by atoms with Gasteiger partial charge >= 0.3 is 5.97 Å². The molecule has 0 saturated carbocycles. The van der Waals surface area contributed by atoms with Gasteiger partial charge in [0, 0.05) is 0 Å². The van der Waals surface area contributed by atoms with Crippen LogP contribution >= 0.6 is 0 Å². The highest BCUT2D eigenvalue weighted by atomic mass is 16.4. The van der Waals surface area contributed by atoms with E-state index in [2.05, 4.69) is 10.6 Å². The second kappa shape index (κ2) is 5.81. The molecule has 0 aromatic rings. The first-order chi connectivity index (χ1) is 7.52. The maximum Gasteiger partial charge on any atom is 0.328 e. The molecule has 0 spiro atoms. The zero-order valence-electron chi connectivity index (χ0n) is 9.27. The van der Waals surface area contributed by atoms with Crippen molar-refractivity contribution in [3.8, 4) is 0 Å². The van der Waals surface area contributed by atoms with Crippen LogP contribution in [-0.2, 0) is 9.59 Å². The molecule has 1 rings (SSSR count). The van der Waals surface area contributed by atoms with Gasteiger partial charge in [-0.05, 0) is 26.3 Å². The fourth-order valence-corrected chi connectivity index (χ4v) is 1.72. The number of hydrogen-bond acceptors (Lipinski definition) is 4. The van der Waals surface area contributed by atoms with Crippen molar-refractivity contribution in [1.82, 2.24) is 10.6 Å². The van der Waals surface area contributed by atoms with Crippen LogP contribution in [0.1, 0.15) is 26.2 Å². The van der Waals surface area contributed by atoms with Crippen LogP contribution in [0.2, 0.25) is 0 Å². The Kier molecular flexibility index (Phi) is 4.70. The normalized spacial score (nSPS) is 24.5. The number of aliphatic carboxylic acids is 1. The Balaban J connectivity index is 2.50. The summed E-state index contributed by atoms with van der Waals surface area (Å²) >= 11 is 0. The van der Waals surface area contributed by atoms with Gasteiger partial charge in [0.2, 0.25) is 5.91 Å². The van der Waals surface area contributed by atoms with Crippen LogP contribution in [0.5, 0.6) is 0 Å². The quantitative estimate of drug-likeness (QED) is 0.500. The second-order valence-electron chi connectivity index (χ2n) is 4.07. The first-order valence-electron chi connectivity index (χ1n) is 5.47. The maximum atomic E-state index is 11.7. The molecule has 92 valence electrons. The molecule has 0 aromatic carbocycles. The van der Waals surface area contributed by atoms with Crippen molar-refractivity contribution in [3.63, 3.8) is 0 Å². The Morgan fingerprint density at radius 1 is 1.44 bits per heavy atom. The van der Waals surface area contributed by atoms with Crippen molar-refractivity contribution in [2.75, 3.05) is 6.54 Å². The fourth-order valence-electron chi connectivity index (χ4n) is 1.72. The van der Waals surface area contributed by atoms with E-state index in [4.69, 9.17) is 5.11 Å². The zero-order chi connectivity index (χ0) is 12.1. The Bertz CT molecular complexity index is 262. The summed E-state index contributed by atoms with van der Waals surface area (Å²) in [7, 11) is 0. The van der Waals surface area contributed by atoms with E-state index in [0.717, 1.165) is 19.4 Å². The summed E-state index contributed by atoms with van der Waals surface area (Å²) in [4.78, 5) is 22.4. The molecule has 6 heteroatoms. The number of aliphatic hydroxyl groups excluding tert-OH is 1. The highest BCUT2D eigenvalue weighted by molar-refractivity contribution is 5.87. The van der Waals surface area contributed by atoms with Gasteiger partial charge < -0.3 is 20.8 Å². The number of carbonyl (C=O) groups is 2. The number of hydrogen-bond donors (Lipinski definition) is 4. The van der Waals surface area contributed by atoms with Gasteiger partial charge in [-0.3, -0.25) is 4.79 Å². The van der Waals surface area contributed by atoms with Crippen LogP contribution in [0.15, 0.2) is 0 Å². The van der Waals surface area contributed by atoms with Gasteiger partial charge in [0.05, 0.1) is 12.1 Å². The van der Waals surface area contributed by atoms with Crippen LogP contribution in [0, 0.1) is 0 Å². The molecule has 0 radical (unpaired) electrons. The predicted molar refractivity (Wildman–Crippen MR) is 56.9 cm³/mol. The molecule has 1 amide bonds. The first-order valence-corrected chi connectivity index (χ1v) is 5.47. The van der Waals surface area contributed by atoms with Gasteiger partial charge in [0.1, 0.15) is 0 Å². The Morgan fingerprint density at radius 3 is 2.56 bits per heavy atom. The number of aliphatic hydroxyl groups is 1. The molecule has 3 atom stereocenters. The molecule has 16 heavy (non-hydrogen) atoms. The van der Waals surface area contributed by atoms with E-state index in [9.17, 15) is 14.7 Å². The van der Waals surface area contributed by atoms with Crippen molar-refractivity contribution in [1.29, 1.82) is 0 Å². The third kappa shape index (κ3) is 3.46. The van der Waals surface area contributed by atoms with Gasteiger partial charge in [-0.2, -0.15) is 0 Å². The van der Waals surface area contributed by atoms with Gasteiger partial charge in [0.15, 0.2) is 6.04 Å². The monoisotopic (exact) mass is 230 g/mol. The second-order valence-corrected chi connectivity index (χ2v) is 4.07.